The Bertz CT molecular complexity index is 403. The van der Waals surface area contributed by atoms with Crippen molar-refractivity contribution in [1.82, 2.24) is 5.32 Å². The molecule has 0 amide bonds. The molecular weight excluding hydrogens is 263 g/mol. The van der Waals surface area contributed by atoms with Gasteiger partial charge in [-0.1, -0.05) is 37.8 Å². The Labute approximate surface area is 118 Å². The molecule has 1 aliphatic rings. The lowest BCUT2D eigenvalue weighted by atomic mass is 10.0. The van der Waals surface area contributed by atoms with E-state index in [0.717, 1.165) is 5.56 Å². The fourth-order valence-corrected chi connectivity index (χ4v) is 2.86. The number of hydrogen-bond acceptors (Lipinski definition) is 1. The zero-order valence-corrected chi connectivity index (χ0v) is 11.8. The Hall–Kier alpha value is -1.03. The van der Waals surface area contributed by atoms with Gasteiger partial charge in [0.15, 0.2) is 0 Å². The standard InChI is InChI=1S/C16H22F3N/c1-12(20-15-6-4-2-3-5-7-15)13-8-10-14(11-9-13)16(17,18)19/h8-12,15,20H,2-7H2,1H3. The molecular formula is C16H22F3N. The molecule has 1 aromatic rings. The third-order valence-corrected chi connectivity index (χ3v) is 4.08. The van der Waals surface area contributed by atoms with E-state index in [0.29, 0.717) is 6.04 Å². The normalized spacial score (nSPS) is 19.6. The molecule has 1 fully saturated rings. The molecule has 0 radical (unpaired) electrons. The predicted octanol–water partition coefficient (Wildman–Crippen LogP) is 5.08. The van der Waals surface area contributed by atoms with E-state index >= 15 is 0 Å². The summed E-state index contributed by atoms with van der Waals surface area (Å²) in [6.07, 6.45) is 3.18. The van der Waals surface area contributed by atoms with Crippen molar-refractivity contribution in [3.05, 3.63) is 35.4 Å². The van der Waals surface area contributed by atoms with Gasteiger partial charge in [-0.3, -0.25) is 0 Å². The van der Waals surface area contributed by atoms with E-state index < -0.39 is 11.7 Å². The van der Waals surface area contributed by atoms with Crippen LogP contribution in [0.3, 0.4) is 0 Å². The van der Waals surface area contributed by atoms with Crippen LogP contribution in [0.4, 0.5) is 13.2 Å². The van der Waals surface area contributed by atoms with E-state index in [1.54, 1.807) is 12.1 Å². The summed E-state index contributed by atoms with van der Waals surface area (Å²) in [4.78, 5) is 0. The number of rotatable bonds is 3. The average Bonchev–Trinajstić information content (AvgIpc) is 2.66. The Morgan fingerprint density at radius 1 is 1.00 bits per heavy atom. The molecule has 0 spiro atoms. The van der Waals surface area contributed by atoms with Gasteiger partial charge in [-0.25, -0.2) is 0 Å². The largest absolute Gasteiger partial charge is 0.416 e. The van der Waals surface area contributed by atoms with Gasteiger partial charge < -0.3 is 5.32 Å². The summed E-state index contributed by atoms with van der Waals surface area (Å²) in [7, 11) is 0. The summed E-state index contributed by atoms with van der Waals surface area (Å²) in [5.41, 5.74) is 0.338. The van der Waals surface area contributed by atoms with Gasteiger partial charge in [0.2, 0.25) is 0 Å². The predicted molar refractivity (Wildman–Crippen MR) is 74.5 cm³/mol. The minimum absolute atomic E-state index is 0.0976. The van der Waals surface area contributed by atoms with Crippen molar-refractivity contribution in [2.75, 3.05) is 0 Å². The molecule has 0 bridgehead atoms. The molecule has 1 aliphatic carbocycles. The van der Waals surface area contributed by atoms with Gasteiger partial charge in [0.1, 0.15) is 0 Å². The van der Waals surface area contributed by atoms with E-state index in [-0.39, 0.29) is 6.04 Å². The van der Waals surface area contributed by atoms with Crippen molar-refractivity contribution in [3.8, 4) is 0 Å². The molecule has 1 unspecified atom stereocenters. The first-order valence-electron chi connectivity index (χ1n) is 7.40. The van der Waals surface area contributed by atoms with E-state index in [4.69, 9.17) is 0 Å². The quantitative estimate of drug-likeness (QED) is 0.764. The second-order valence-electron chi connectivity index (χ2n) is 5.70. The maximum atomic E-state index is 12.5. The molecule has 112 valence electrons. The van der Waals surface area contributed by atoms with E-state index in [9.17, 15) is 13.2 Å². The van der Waals surface area contributed by atoms with Gasteiger partial charge in [0, 0.05) is 12.1 Å². The molecule has 1 saturated carbocycles. The SMILES string of the molecule is CC(NC1CCCCCC1)c1ccc(C(F)(F)F)cc1. The minimum atomic E-state index is -4.25. The Balaban J connectivity index is 1.96. The fraction of sp³-hybridized carbons (Fsp3) is 0.625. The first-order valence-corrected chi connectivity index (χ1v) is 7.40. The van der Waals surface area contributed by atoms with Crippen molar-refractivity contribution in [2.45, 2.75) is 63.7 Å². The smallest absolute Gasteiger partial charge is 0.307 e. The third kappa shape index (κ3) is 4.23. The second-order valence-corrected chi connectivity index (χ2v) is 5.70. The summed E-state index contributed by atoms with van der Waals surface area (Å²) < 4.78 is 37.6. The van der Waals surface area contributed by atoms with Crippen LogP contribution in [0.2, 0.25) is 0 Å². The van der Waals surface area contributed by atoms with Crippen LogP contribution in [0.1, 0.15) is 62.6 Å². The molecule has 0 aliphatic heterocycles. The summed E-state index contributed by atoms with van der Waals surface area (Å²) in [5, 5.41) is 3.55. The highest BCUT2D eigenvalue weighted by Crippen LogP contribution is 2.30. The van der Waals surface area contributed by atoms with Gasteiger partial charge in [0.05, 0.1) is 5.56 Å². The Kier molecular flexibility index (Phi) is 5.08. The first-order chi connectivity index (χ1) is 9.47. The highest BCUT2D eigenvalue weighted by atomic mass is 19.4. The molecule has 20 heavy (non-hydrogen) atoms. The number of benzene rings is 1. The second kappa shape index (κ2) is 6.61. The van der Waals surface area contributed by atoms with Crippen molar-refractivity contribution in [3.63, 3.8) is 0 Å². The number of nitrogens with one attached hydrogen (secondary N) is 1. The molecule has 1 nitrogen and oxygen atoms in total. The van der Waals surface area contributed by atoms with Gasteiger partial charge in [-0.05, 0) is 37.5 Å². The van der Waals surface area contributed by atoms with E-state index in [1.165, 1.54) is 50.7 Å². The summed E-state index contributed by atoms with van der Waals surface area (Å²) in [6, 6.07) is 6.09. The van der Waals surface area contributed by atoms with Crippen LogP contribution in [0.25, 0.3) is 0 Å². The molecule has 2 rings (SSSR count). The van der Waals surface area contributed by atoms with Crippen molar-refractivity contribution < 1.29 is 13.2 Å². The van der Waals surface area contributed by atoms with Crippen LogP contribution < -0.4 is 5.32 Å². The van der Waals surface area contributed by atoms with Crippen molar-refractivity contribution >= 4 is 0 Å². The maximum absolute atomic E-state index is 12.5. The Morgan fingerprint density at radius 3 is 2.05 bits per heavy atom. The van der Waals surface area contributed by atoms with E-state index in [2.05, 4.69) is 5.32 Å². The molecule has 4 heteroatoms. The Morgan fingerprint density at radius 2 is 1.55 bits per heavy atom. The molecule has 1 N–H and O–H groups in total. The van der Waals surface area contributed by atoms with E-state index in [1.807, 2.05) is 6.92 Å². The highest BCUT2D eigenvalue weighted by molar-refractivity contribution is 5.26. The van der Waals surface area contributed by atoms with Crippen LogP contribution in [-0.4, -0.2) is 6.04 Å². The molecule has 1 aromatic carbocycles. The number of hydrogen-bond donors (Lipinski definition) is 1. The number of alkyl halides is 3. The van der Waals surface area contributed by atoms with Gasteiger partial charge in [-0.2, -0.15) is 13.2 Å². The highest BCUT2D eigenvalue weighted by Gasteiger charge is 2.30. The minimum Gasteiger partial charge on any atom is -0.307 e. The van der Waals surface area contributed by atoms with Gasteiger partial charge in [0.25, 0.3) is 0 Å². The van der Waals surface area contributed by atoms with Crippen molar-refractivity contribution in [2.24, 2.45) is 0 Å². The zero-order valence-electron chi connectivity index (χ0n) is 11.8. The maximum Gasteiger partial charge on any atom is 0.416 e. The lowest BCUT2D eigenvalue weighted by Crippen LogP contribution is -2.31. The third-order valence-electron chi connectivity index (χ3n) is 4.08. The summed E-state index contributed by atoms with van der Waals surface area (Å²) in [6.45, 7) is 2.02. The van der Waals surface area contributed by atoms with Crippen LogP contribution in [-0.2, 0) is 6.18 Å². The van der Waals surface area contributed by atoms with Crippen LogP contribution >= 0.6 is 0 Å². The molecule has 0 aromatic heterocycles. The molecule has 0 saturated heterocycles. The van der Waals surface area contributed by atoms with Crippen LogP contribution in [0.5, 0.6) is 0 Å². The summed E-state index contributed by atoms with van der Waals surface area (Å²) >= 11 is 0. The fourth-order valence-electron chi connectivity index (χ4n) is 2.86. The number of halogens is 3. The van der Waals surface area contributed by atoms with Crippen LogP contribution in [0.15, 0.2) is 24.3 Å². The van der Waals surface area contributed by atoms with Crippen LogP contribution in [0, 0.1) is 0 Å². The monoisotopic (exact) mass is 285 g/mol. The van der Waals surface area contributed by atoms with Crippen molar-refractivity contribution in [1.29, 1.82) is 0 Å². The first kappa shape index (κ1) is 15.4. The summed E-state index contributed by atoms with van der Waals surface area (Å²) in [5.74, 6) is 0. The molecule has 0 heterocycles. The topological polar surface area (TPSA) is 12.0 Å². The van der Waals surface area contributed by atoms with Gasteiger partial charge in [-0.15, -0.1) is 0 Å². The zero-order chi connectivity index (χ0) is 14.6. The van der Waals surface area contributed by atoms with Gasteiger partial charge >= 0.3 is 6.18 Å². The average molecular weight is 285 g/mol. The lowest BCUT2D eigenvalue weighted by Gasteiger charge is -2.22. The molecule has 1 atom stereocenters. The lowest BCUT2D eigenvalue weighted by molar-refractivity contribution is -0.137.